The number of aliphatic carboxylic acids is 1. The molecule has 0 aliphatic rings. The molecule has 0 aliphatic heterocycles. The van der Waals surface area contributed by atoms with Gasteiger partial charge in [-0.25, -0.2) is 4.52 Å². The van der Waals surface area contributed by atoms with E-state index in [1.54, 1.807) is 47.6 Å². The van der Waals surface area contributed by atoms with Crippen LogP contribution in [0, 0.1) is 5.41 Å². The third kappa shape index (κ3) is 2.89. The first-order chi connectivity index (χ1) is 9.42. The highest BCUT2D eigenvalue weighted by Gasteiger charge is 2.25. The Morgan fingerprint density at radius 3 is 2.80 bits per heavy atom. The fraction of sp³-hybridized carbons (Fsp3) is 0.500. The molecule has 0 radical (unpaired) electrons. The summed E-state index contributed by atoms with van der Waals surface area (Å²) in [7, 11) is 0. The predicted octanol–water partition coefficient (Wildman–Crippen LogP) is 1.78. The van der Waals surface area contributed by atoms with Crippen molar-refractivity contribution in [2.24, 2.45) is 5.41 Å². The summed E-state index contributed by atoms with van der Waals surface area (Å²) in [5, 5.41) is 13.0. The Labute approximate surface area is 116 Å². The maximum Gasteiger partial charge on any atom is 0.309 e. The van der Waals surface area contributed by atoms with Crippen LogP contribution in [0.25, 0.3) is 5.52 Å². The van der Waals surface area contributed by atoms with Gasteiger partial charge in [0, 0.05) is 18.9 Å². The van der Waals surface area contributed by atoms with Crippen molar-refractivity contribution in [3.05, 3.63) is 35.0 Å². The molecule has 0 amide bonds. The normalized spacial score (nSPS) is 11.9. The molecule has 0 fully saturated rings. The number of unbranched alkanes of at least 4 members (excludes halogenated alkanes) is 1. The average molecular weight is 277 g/mol. The minimum Gasteiger partial charge on any atom is -0.481 e. The lowest BCUT2D eigenvalue weighted by Gasteiger charge is -2.18. The topological polar surface area (TPSA) is 76.6 Å². The molecule has 0 spiro atoms. The second-order valence-electron chi connectivity index (χ2n) is 5.60. The number of carboxylic acid groups (broad SMARTS) is 1. The summed E-state index contributed by atoms with van der Waals surface area (Å²) in [5.74, 6) is -0.782. The van der Waals surface area contributed by atoms with E-state index < -0.39 is 11.4 Å². The molecule has 2 rings (SSSR count). The van der Waals surface area contributed by atoms with E-state index in [9.17, 15) is 9.59 Å². The van der Waals surface area contributed by atoms with Crippen molar-refractivity contribution in [1.29, 1.82) is 0 Å². The second kappa shape index (κ2) is 5.48. The molecule has 0 aromatic carbocycles. The maximum atomic E-state index is 12.1. The van der Waals surface area contributed by atoms with Crippen molar-refractivity contribution in [1.82, 2.24) is 14.2 Å². The van der Waals surface area contributed by atoms with E-state index in [0.717, 1.165) is 12.8 Å². The summed E-state index contributed by atoms with van der Waals surface area (Å²) >= 11 is 0. The van der Waals surface area contributed by atoms with Crippen molar-refractivity contribution < 1.29 is 9.90 Å². The van der Waals surface area contributed by atoms with Crippen LogP contribution in [0.3, 0.4) is 0 Å². The molecule has 0 unspecified atom stereocenters. The summed E-state index contributed by atoms with van der Waals surface area (Å²) in [6.07, 6.45) is 7.21. The van der Waals surface area contributed by atoms with Crippen LogP contribution in [0.15, 0.2) is 29.5 Å². The zero-order valence-electron chi connectivity index (χ0n) is 11.7. The molecule has 0 saturated heterocycles. The van der Waals surface area contributed by atoms with Crippen molar-refractivity contribution in [3.63, 3.8) is 0 Å². The van der Waals surface area contributed by atoms with Crippen LogP contribution < -0.4 is 5.56 Å². The van der Waals surface area contributed by atoms with Gasteiger partial charge in [-0.1, -0.05) is 6.42 Å². The van der Waals surface area contributed by atoms with Gasteiger partial charge in [-0.05, 0) is 32.8 Å². The Morgan fingerprint density at radius 2 is 2.10 bits per heavy atom. The fourth-order valence-electron chi connectivity index (χ4n) is 2.09. The third-order valence-corrected chi connectivity index (χ3v) is 3.57. The van der Waals surface area contributed by atoms with Crippen LogP contribution in [0.1, 0.15) is 33.1 Å². The van der Waals surface area contributed by atoms with Gasteiger partial charge < -0.3 is 9.67 Å². The zero-order chi connectivity index (χ0) is 14.8. The molecular weight excluding hydrogens is 258 g/mol. The average Bonchev–Trinajstić information content (AvgIpc) is 2.85. The van der Waals surface area contributed by atoms with Gasteiger partial charge in [0.1, 0.15) is 5.52 Å². The molecule has 2 heterocycles. The van der Waals surface area contributed by atoms with Gasteiger partial charge in [-0.3, -0.25) is 9.59 Å². The van der Waals surface area contributed by atoms with E-state index in [4.69, 9.17) is 5.11 Å². The standard InChI is InChI=1S/C14H19N3O3/c1-14(2,13(19)20)6-3-4-8-16-9-10-17-11(12(16)18)5-7-15-17/h5,7,9-10H,3-4,6,8H2,1-2H3,(H,19,20). The SMILES string of the molecule is CC(C)(CCCCn1ccn2nccc2c1=O)C(=O)O. The van der Waals surface area contributed by atoms with Gasteiger partial charge in [-0.2, -0.15) is 5.10 Å². The lowest BCUT2D eigenvalue weighted by molar-refractivity contribution is -0.147. The molecule has 6 nitrogen and oxygen atoms in total. The largest absolute Gasteiger partial charge is 0.481 e. The minimum atomic E-state index is -0.782. The molecule has 0 aliphatic carbocycles. The predicted molar refractivity (Wildman–Crippen MR) is 74.7 cm³/mol. The van der Waals surface area contributed by atoms with E-state index >= 15 is 0 Å². The van der Waals surface area contributed by atoms with Crippen LogP contribution in [0.2, 0.25) is 0 Å². The Morgan fingerprint density at radius 1 is 1.35 bits per heavy atom. The van der Waals surface area contributed by atoms with Gasteiger partial charge in [0.15, 0.2) is 0 Å². The van der Waals surface area contributed by atoms with Gasteiger partial charge in [0.05, 0.1) is 11.6 Å². The lowest BCUT2D eigenvalue weighted by atomic mass is 9.87. The number of rotatable bonds is 6. The molecule has 108 valence electrons. The van der Waals surface area contributed by atoms with Crippen molar-refractivity contribution in [3.8, 4) is 0 Å². The van der Waals surface area contributed by atoms with Gasteiger partial charge in [0.25, 0.3) is 5.56 Å². The van der Waals surface area contributed by atoms with Crippen LogP contribution in [-0.2, 0) is 11.3 Å². The van der Waals surface area contributed by atoms with E-state index in [-0.39, 0.29) is 5.56 Å². The van der Waals surface area contributed by atoms with Gasteiger partial charge >= 0.3 is 5.97 Å². The minimum absolute atomic E-state index is 0.0671. The van der Waals surface area contributed by atoms with E-state index in [0.29, 0.717) is 18.5 Å². The number of nitrogens with zero attached hydrogens (tertiary/aromatic N) is 3. The van der Waals surface area contributed by atoms with Crippen LogP contribution >= 0.6 is 0 Å². The van der Waals surface area contributed by atoms with Crippen molar-refractivity contribution >= 4 is 11.5 Å². The molecule has 1 N–H and O–H groups in total. The van der Waals surface area contributed by atoms with E-state index in [2.05, 4.69) is 5.10 Å². The molecule has 0 atom stereocenters. The molecular formula is C14H19N3O3. The first-order valence-corrected chi connectivity index (χ1v) is 6.68. The Hall–Kier alpha value is -2.11. The molecule has 20 heavy (non-hydrogen) atoms. The quantitative estimate of drug-likeness (QED) is 0.816. The first-order valence-electron chi connectivity index (χ1n) is 6.68. The Bertz CT molecular complexity index is 670. The summed E-state index contributed by atoms with van der Waals surface area (Å²) in [6.45, 7) is 4.04. The Balaban J connectivity index is 1.95. The highest BCUT2D eigenvalue weighted by atomic mass is 16.4. The monoisotopic (exact) mass is 277 g/mol. The van der Waals surface area contributed by atoms with Crippen molar-refractivity contribution in [2.45, 2.75) is 39.7 Å². The lowest BCUT2D eigenvalue weighted by Crippen LogP contribution is -2.24. The number of hydrogen-bond acceptors (Lipinski definition) is 3. The smallest absolute Gasteiger partial charge is 0.309 e. The van der Waals surface area contributed by atoms with Crippen LogP contribution in [0.4, 0.5) is 0 Å². The summed E-state index contributed by atoms with van der Waals surface area (Å²) in [5.41, 5.74) is -0.221. The Kier molecular flexibility index (Phi) is 3.92. The molecule has 2 aromatic heterocycles. The number of hydrogen-bond donors (Lipinski definition) is 1. The highest BCUT2D eigenvalue weighted by molar-refractivity contribution is 5.73. The summed E-state index contributed by atoms with van der Waals surface area (Å²) in [4.78, 5) is 23.1. The zero-order valence-corrected chi connectivity index (χ0v) is 11.7. The van der Waals surface area contributed by atoms with Crippen LogP contribution in [-0.4, -0.2) is 25.3 Å². The fourth-order valence-corrected chi connectivity index (χ4v) is 2.09. The molecule has 2 aromatic rings. The highest BCUT2D eigenvalue weighted by Crippen LogP contribution is 2.23. The van der Waals surface area contributed by atoms with Crippen molar-refractivity contribution in [2.75, 3.05) is 0 Å². The number of aryl methyl sites for hydroxylation is 1. The van der Waals surface area contributed by atoms with E-state index in [1.165, 1.54) is 0 Å². The number of carbonyl (C=O) groups is 1. The molecule has 0 saturated carbocycles. The number of carboxylic acids is 1. The first kappa shape index (κ1) is 14.3. The molecule has 6 heteroatoms. The van der Waals surface area contributed by atoms with Crippen LogP contribution in [0.5, 0.6) is 0 Å². The van der Waals surface area contributed by atoms with Gasteiger partial charge in [0.2, 0.25) is 0 Å². The van der Waals surface area contributed by atoms with E-state index in [1.807, 2.05) is 0 Å². The van der Waals surface area contributed by atoms with Gasteiger partial charge in [-0.15, -0.1) is 0 Å². The maximum absolute atomic E-state index is 12.1. The third-order valence-electron chi connectivity index (χ3n) is 3.57. The number of aromatic nitrogens is 3. The molecule has 0 bridgehead atoms. The number of fused-ring (bicyclic) bond motifs is 1. The summed E-state index contributed by atoms with van der Waals surface area (Å²) in [6, 6.07) is 1.69. The summed E-state index contributed by atoms with van der Waals surface area (Å²) < 4.78 is 3.19. The second-order valence-corrected chi connectivity index (χ2v) is 5.60.